The second kappa shape index (κ2) is 2.47. The number of anilines is 1. The molecule has 7 heteroatoms. The fourth-order valence-electron chi connectivity index (χ4n) is 1.01. The molecule has 0 atom stereocenters. The molecule has 0 amide bonds. The van der Waals surface area contributed by atoms with Gasteiger partial charge in [-0.25, -0.2) is 4.79 Å². The van der Waals surface area contributed by atoms with Crippen LogP contribution in [0.4, 0.5) is 5.82 Å². The SMILES string of the molecule is COc1nc(N)c2[nH]c(=O)[nH]c2n1. The molecule has 2 heterocycles. The van der Waals surface area contributed by atoms with Crippen molar-refractivity contribution < 1.29 is 4.74 Å². The molecule has 0 saturated heterocycles. The van der Waals surface area contributed by atoms with E-state index < -0.39 is 0 Å². The second-order valence-corrected chi connectivity index (χ2v) is 2.40. The molecule has 0 saturated carbocycles. The van der Waals surface area contributed by atoms with Crippen LogP contribution in [0.1, 0.15) is 0 Å². The maximum Gasteiger partial charge on any atom is 0.325 e. The average molecular weight is 181 g/mol. The normalized spacial score (nSPS) is 10.5. The van der Waals surface area contributed by atoms with Crippen LogP contribution in [0.15, 0.2) is 4.79 Å². The van der Waals surface area contributed by atoms with Gasteiger partial charge in [-0.3, -0.25) is 4.98 Å². The third kappa shape index (κ3) is 1.10. The Kier molecular flexibility index (Phi) is 1.44. The van der Waals surface area contributed by atoms with Crippen LogP contribution >= 0.6 is 0 Å². The lowest BCUT2D eigenvalue weighted by Crippen LogP contribution is -1.99. The average Bonchev–Trinajstić information content (AvgIpc) is 2.46. The summed E-state index contributed by atoms with van der Waals surface area (Å²) >= 11 is 0. The van der Waals surface area contributed by atoms with Gasteiger partial charge in [0.2, 0.25) is 0 Å². The molecular weight excluding hydrogens is 174 g/mol. The lowest BCUT2D eigenvalue weighted by atomic mass is 10.5. The van der Waals surface area contributed by atoms with E-state index in [1.165, 1.54) is 7.11 Å². The summed E-state index contributed by atoms with van der Waals surface area (Å²) in [4.78, 5) is 23.4. The summed E-state index contributed by atoms with van der Waals surface area (Å²) in [7, 11) is 1.42. The van der Waals surface area contributed by atoms with Crippen molar-refractivity contribution in [1.82, 2.24) is 19.9 Å². The van der Waals surface area contributed by atoms with Crippen LogP contribution in [0, 0.1) is 0 Å². The van der Waals surface area contributed by atoms with E-state index in [-0.39, 0.29) is 17.5 Å². The molecule has 4 N–H and O–H groups in total. The van der Waals surface area contributed by atoms with Crippen LogP contribution in [0.3, 0.4) is 0 Å². The van der Waals surface area contributed by atoms with Crippen LogP contribution in [0.2, 0.25) is 0 Å². The van der Waals surface area contributed by atoms with Gasteiger partial charge >= 0.3 is 11.7 Å². The van der Waals surface area contributed by atoms with Gasteiger partial charge in [-0.2, -0.15) is 9.97 Å². The highest BCUT2D eigenvalue weighted by Crippen LogP contribution is 2.14. The smallest absolute Gasteiger partial charge is 0.325 e. The first-order valence-electron chi connectivity index (χ1n) is 3.50. The second-order valence-electron chi connectivity index (χ2n) is 2.40. The van der Waals surface area contributed by atoms with Gasteiger partial charge < -0.3 is 15.5 Å². The van der Waals surface area contributed by atoms with Gasteiger partial charge in [0.1, 0.15) is 5.52 Å². The van der Waals surface area contributed by atoms with Gasteiger partial charge in [-0.1, -0.05) is 0 Å². The van der Waals surface area contributed by atoms with Crippen molar-refractivity contribution in [2.24, 2.45) is 0 Å². The number of nitrogens with zero attached hydrogens (tertiary/aromatic N) is 2. The highest BCUT2D eigenvalue weighted by atomic mass is 16.5. The molecule has 0 aromatic carbocycles. The third-order valence-electron chi connectivity index (χ3n) is 1.57. The lowest BCUT2D eigenvalue weighted by molar-refractivity contribution is 0.382. The summed E-state index contributed by atoms with van der Waals surface area (Å²) in [5.74, 6) is 0.181. The van der Waals surface area contributed by atoms with E-state index in [0.717, 1.165) is 0 Å². The van der Waals surface area contributed by atoms with Crippen molar-refractivity contribution in [3.8, 4) is 6.01 Å². The van der Waals surface area contributed by atoms with Crippen LogP contribution in [0.25, 0.3) is 11.2 Å². The topological polar surface area (TPSA) is 110 Å². The van der Waals surface area contributed by atoms with Crippen LogP contribution < -0.4 is 16.2 Å². The van der Waals surface area contributed by atoms with Crippen molar-refractivity contribution in [2.75, 3.05) is 12.8 Å². The Morgan fingerprint density at radius 3 is 2.85 bits per heavy atom. The highest BCUT2D eigenvalue weighted by Gasteiger charge is 2.07. The first-order chi connectivity index (χ1) is 6.20. The van der Waals surface area contributed by atoms with E-state index in [1.54, 1.807) is 0 Å². The number of ether oxygens (including phenoxy) is 1. The first-order valence-corrected chi connectivity index (χ1v) is 3.50. The molecule has 0 radical (unpaired) electrons. The van der Waals surface area contributed by atoms with Crippen LogP contribution in [-0.4, -0.2) is 27.0 Å². The summed E-state index contributed by atoms with van der Waals surface area (Å²) in [5, 5.41) is 0. The number of nitrogen functional groups attached to an aromatic ring is 1. The Labute approximate surface area is 72.0 Å². The Balaban J connectivity index is 2.83. The zero-order valence-electron chi connectivity index (χ0n) is 6.79. The number of imidazole rings is 1. The predicted octanol–water partition coefficient (Wildman–Crippen LogP) is -0.763. The number of methoxy groups -OCH3 is 1. The minimum absolute atomic E-state index is 0.125. The van der Waals surface area contributed by atoms with Gasteiger partial charge in [-0.05, 0) is 0 Å². The Morgan fingerprint density at radius 2 is 2.15 bits per heavy atom. The fraction of sp³-hybridized carbons (Fsp3) is 0.167. The number of aromatic nitrogens is 4. The maximum absolute atomic E-state index is 10.9. The highest BCUT2D eigenvalue weighted by molar-refractivity contribution is 5.81. The van der Waals surface area contributed by atoms with Crippen LogP contribution in [0.5, 0.6) is 6.01 Å². The zero-order chi connectivity index (χ0) is 9.42. The molecular formula is C6H7N5O2. The lowest BCUT2D eigenvalue weighted by Gasteiger charge is -1.98. The van der Waals surface area contributed by atoms with E-state index in [4.69, 9.17) is 10.5 Å². The summed E-state index contributed by atoms with van der Waals surface area (Å²) in [6.07, 6.45) is 0. The van der Waals surface area contributed by atoms with Gasteiger partial charge in [0.15, 0.2) is 11.5 Å². The van der Waals surface area contributed by atoms with Crippen LogP contribution in [-0.2, 0) is 0 Å². The van der Waals surface area contributed by atoms with Crippen molar-refractivity contribution >= 4 is 17.0 Å². The van der Waals surface area contributed by atoms with E-state index in [0.29, 0.717) is 11.2 Å². The molecule has 0 unspecified atom stereocenters. The van der Waals surface area contributed by atoms with Crippen molar-refractivity contribution in [3.05, 3.63) is 10.5 Å². The van der Waals surface area contributed by atoms with E-state index in [1.807, 2.05) is 0 Å². The van der Waals surface area contributed by atoms with E-state index in [2.05, 4.69) is 19.9 Å². The molecule has 0 fully saturated rings. The molecule has 0 spiro atoms. The van der Waals surface area contributed by atoms with Crippen molar-refractivity contribution in [3.63, 3.8) is 0 Å². The largest absolute Gasteiger partial charge is 0.467 e. The third-order valence-corrected chi connectivity index (χ3v) is 1.57. The molecule has 2 rings (SSSR count). The molecule has 0 bridgehead atoms. The molecule has 2 aromatic heterocycles. The Bertz CT molecular complexity index is 499. The monoisotopic (exact) mass is 181 g/mol. The zero-order valence-corrected chi connectivity index (χ0v) is 6.79. The number of hydrogen-bond acceptors (Lipinski definition) is 5. The Hall–Kier alpha value is -2.05. The number of aromatic amines is 2. The first kappa shape index (κ1) is 7.59. The summed E-state index contributed by atoms with van der Waals surface area (Å²) in [6, 6.07) is 0.125. The summed E-state index contributed by atoms with van der Waals surface area (Å²) < 4.78 is 4.77. The van der Waals surface area contributed by atoms with Gasteiger partial charge in [0.25, 0.3) is 0 Å². The minimum atomic E-state index is -0.371. The van der Waals surface area contributed by atoms with Gasteiger partial charge in [-0.15, -0.1) is 0 Å². The summed E-state index contributed by atoms with van der Waals surface area (Å²) in [6.45, 7) is 0. The minimum Gasteiger partial charge on any atom is -0.467 e. The molecule has 68 valence electrons. The number of hydrogen-bond donors (Lipinski definition) is 3. The van der Waals surface area contributed by atoms with Crippen molar-refractivity contribution in [1.29, 1.82) is 0 Å². The fourth-order valence-corrected chi connectivity index (χ4v) is 1.01. The number of fused-ring (bicyclic) bond motifs is 1. The summed E-state index contributed by atoms with van der Waals surface area (Å²) in [5.41, 5.74) is 5.89. The van der Waals surface area contributed by atoms with Gasteiger partial charge in [0.05, 0.1) is 7.11 Å². The number of nitrogens with one attached hydrogen (secondary N) is 2. The van der Waals surface area contributed by atoms with Crippen molar-refractivity contribution in [2.45, 2.75) is 0 Å². The molecule has 7 nitrogen and oxygen atoms in total. The standard InChI is InChI=1S/C6H7N5O2/c1-13-6-9-3(7)2-4(11-6)10-5(12)8-2/h1H3,(H4,7,8,9,10,11,12). The quantitative estimate of drug-likeness (QED) is 0.535. The van der Waals surface area contributed by atoms with E-state index in [9.17, 15) is 4.79 Å². The predicted molar refractivity (Wildman–Crippen MR) is 45.5 cm³/mol. The molecule has 2 aromatic rings. The molecule has 0 aliphatic heterocycles. The number of H-pyrrole nitrogens is 2. The number of nitrogens with two attached hydrogens (primary N) is 1. The van der Waals surface area contributed by atoms with E-state index >= 15 is 0 Å². The molecule has 0 aliphatic rings. The maximum atomic E-state index is 10.9. The molecule has 13 heavy (non-hydrogen) atoms. The van der Waals surface area contributed by atoms with Gasteiger partial charge in [0, 0.05) is 0 Å². The molecule has 0 aliphatic carbocycles. The Morgan fingerprint density at radius 1 is 1.38 bits per heavy atom. The number of rotatable bonds is 1.